The summed E-state index contributed by atoms with van der Waals surface area (Å²) < 4.78 is 38.3. The van der Waals surface area contributed by atoms with E-state index in [0.29, 0.717) is 18.1 Å². The molecular weight excluding hydrogens is 589 g/mol. The Bertz CT molecular complexity index is 777. The molecule has 0 amide bonds. The SMILES string of the molecule is CCCCCCCCCCCCc1ccc([S](=O)(=O)[SnH]2[O]CCN(CCCCCCCC)CC[O]2)cc1. The average molecular weight is 645 g/mol. The molecule has 0 spiro atoms. The third kappa shape index (κ3) is 14.2. The monoisotopic (exact) mass is 645 g/mol. The van der Waals surface area contributed by atoms with Gasteiger partial charge in [-0.1, -0.05) is 32.6 Å². The predicted octanol–water partition coefficient (Wildman–Crippen LogP) is 7.35. The number of rotatable bonds is 20. The van der Waals surface area contributed by atoms with Gasteiger partial charge in [0.1, 0.15) is 0 Å². The van der Waals surface area contributed by atoms with Crippen molar-refractivity contribution >= 4 is 26.2 Å². The Kier molecular flexibility index (Phi) is 18.5. The summed E-state index contributed by atoms with van der Waals surface area (Å²) in [5.74, 6) is 0. The Morgan fingerprint density at radius 3 is 1.65 bits per heavy atom. The molecule has 1 aromatic rings. The summed E-state index contributed by atoms with van der Waals surface area (Å²) in [4.78, 5) is 2.74. The molecule has 1 aliphatic rings. The normalized spacial score (nSPS) is 16.1. The second-order valence-electron chi connectivity index (χ2n) is 10.8. The molecule has 0 bridgehead atoms. The van der Waals surface area contributed by atoms with Gasteiger partial charge < -0.3 is 0 Å². The van der Waals surface area contributed by atoms with Crippen LogP contribution in [0.3, 0.4) is 0 Å². The fourth-order valence-electron chi connectivity index (χ4n) is 5.01. The number of nitrogens with zero attached hydrogens (tertiary/aromatic N) is 1. The zero-order chi connectivity index (χ0) is 26.6. The van der Waals surface area contributed by atoms with Crippen molar-refractivity contribution in [3.8, 4) is 0 Å². The fraction of sp³-hybridized carbons (Fsp3) is 0.800. The molecule has 0 aromatic heterocycles. The van der Waals surface area contributed by atoms with E-state index in [4.69, 9.17) is 6.15 Å². The van der Waals surface area contributed by atoms with E-state index in [1.807, 2.05) is 12.1 Å². The average Bonchev–Trinajstić information content (AvgIpc) is 2.88. The van der Waals surface area contributed by atoms with E-state index in [1.54, 1.807) is 12.1 Å². The topological polar surface area (TPSA) is 55.8 Å². The summed E-state index contributed by atoms with van der Waals surface area (Å²) in [5.41, 5.74) is 1.22. The van der Waals surface area contributed by atoms with Crippen molar-refractivity contribution in [1.29, 1.82) is 0 Å². The number of benzene rings is 1. The summed E-state index contributed by atoms with van der Waals surface area (Å²) in [6.07, 6.45) is 22.0. The molecule has 5 nitrogen and oxygen atoms in total. The molecule has 1 aliphatic heterocycles. The van der Waals surface area contributed by atoms with Gasteiger partial charge in [-0.2, -0.15) is 0 Å². The van der Waals surface area contributed by atoms with E-state index >= 15 is 0 Å². The molecule has 1 saturated heterocycles. The fourth-order valence-corrected chi connectivity index (χ4v) is 15.7. The van der Waals surface area contributed by atoms with Crippen LogP contribution >= 0.6 is 0 Å². The van der Waals surface area contributed by atoms with Crippen molar-refractivity contribution in [3.05, 3.63) is 29.8 Å². The quantitative estimate of drug-likeness (QED) is 0.110. The van der Waals surface area contributed by atoms with Crippen molar-refractivity contribution in [1.82, 2.24) is 4.90 Å². The second kappa shape index (κ2) is 20.7. The van der Waals surface area contributed by atoms with E-state index in [2.05, 4.69) is 18.7 Å². The molecule has 0 radical (unpaired) electrons. The number of aryl methyl sites for hydroxylation is 1. The van der Waals surface area contributed by atoms with E-state index < -0.39 is 26.2 Å². The van der Waals surface area contributed by atoms with Crippen LogP contribution in [0.5, 0.6) is 0 Å². The zero-order valence-electron chi connectivity index (χ0n) is 23.9. The summed E-state index contributed by atoms with van der Waals surface area (Å²) in [6, 6.07) is 7.51. The summed E-state index contributed by atoms with van der Waals surface area (Å²) >= 11 is -3.66. The molecule has 0 aliphatic carbocycles. The Morgan fingerprint density at radius 1 is 0.676 bits per heavy atom. The Hall–Kier alpha value is -0.151. The third-order valence-corrected chi connectivity index (χ3v) is 20.3. The van der Waals surface area contributed by atoms with Crippen molar-refractivity contribution in [2.75, 3.05) is 32.8 Å². The molecule has 0 atom stereocenters. The number of hydrogen-bond acceptors (Lipinski definition) is 5. The van der Waals surface area contributed by atoms with Crippen LogP contribution in [0.25, 0.3) is 0 Å². The predicted molar refractivity (Wildman–Crippen MR) is 158 cm³/mol. The molecule has 1 fully saturated rings. The summed E-state index contributed by atoms with van der Waals surface area (Å²) in [7, 11) is -3.46. The van der Waals surface area contributed by atoms with Crippen LogP contribution < -0.4 is 0 Å². The van der Waals surface area contributed by atoms with E-state index in [0.717, 1.165) is 26.1 Å². The zero-order valence-corrected chi connectivity index (χ0v) is 28.0. The molecule has 0 unspecified atom stereocenters. The molecule has 2 rings (SSSR count). The first-order valence-corrected chi connectivity index (χ1v) is 23.6. The summed E-state index contributed by atoms with van der Waals surface area (Å²) in [6.45, 7) is 8.10. The minimum absolute atomic E-state index is 0.379. The van der Waals surface area contributed by atoms with E-state index in [9.17, 15) is 8.42 Å². The molecule has 37 heavy (non-hydrogen) atoms. The Labute approximate surface area is 235 Å². The van der Waals surface area contributed by atoms with Crippen LogP contribution in [-0.4, -0.2) is 65.4 Å². The second-order valence-corrected chi connectivity index (χ2v) is 23.8. The Balaban J connectivity index is 1.65. The molecular formula is C30H55NO4SSn. The minimum atomic E-state index is -3.66. The molecule has 7 heteroatoms. The first-order chi connectivity index (χ1) is 18.1. The first kappa shape index (κ1) is 33.1. The van der Waals surface area contributed by atoms with Gasteiger partial charge in [0.2, 0.25) is 0 Å². The number of hydrogen-bond donors (Lipinski definition) is 0. The van der Waals surface area contributed by atoms with Crippen LogP contribution in [-0.2, 0) is 19.6 Å². The van der Waals surface area contributed by atoms with Crippen molar-refractivity contribution in [2.45, 2.75) is 128 Å². The molecule has 1 heterocycles. The maximum atomic E-state index is 13.2. The third-order valence-electron chi connectivity index (χ3n) is 7.48. The van der Waals surface area contributed by atoms with Crippen LogP contribution in [0.15, 0.2) is 29.2 Å². The molecule has 214 valence electrons. The summed E-state index contributed by atoms with van der Waals surface area (Å²) in [5, 5.41) is 0. The van der Waals surface area contributed by atoms with Crippen LogP contribution in [0.2, 0.25) is 0 Å². The van der Waals surface area contributed by atoms with Gasteiger partial charge in [-0.3, -0.25) is 0 Å². The van der Waals surface area contributed by atoms with Crippen LogP contribution in [0.4, 0.5) is 0 Å². The molecule has 0 N–H and O–H groups in total. The van der Waals surface area contributed by atoms with Gasteiger partial charge in [0.25, 0.3) is 0 Å². The maximum absolute atomic E-state index is 13.2. The van der Waals surface area contributed by atoms with E-state index in [-0.39, 0.29) is 0 Å². The van der Waals surface area contributed by atoms with Gasteiger partial charge in [-0.05, 0) is 0 Å². The van der Waals surface area contributed by atoms with Crippen molar-refractivity contribution in [3.63, 3.8) is 0 Å². The van der Waals surface area contributed by atoms with E-state index in [1.165, 1.54) is 108 Å². The number of unbranched alkanes of at least 4 members (excludes halogenated alkanes) is 14. The van der Waals surface area contributed by atoms with Gasteiger partial charge in [0.15, 0.2) is 0 Å². The molecule has 0 saturated carbocycles. The van der Waals surface area contributed by atoms with Crippen molar-refractivity contribution < 1.29 is 14.6 Å². The van der Waals surface area contributed by atoms with Gasteiger partial charge in [0, 0.05) is 0 Å². The van der Waals surface area contributed by atoms with Gasteiger partial charge in [-0.15, -0.1) is 0 Å². The standard InChI is InChI=1S/C18H29O2S.C12H25NO2.Sn.H/c1-2-3-4-5-6-7-8-9-10-11-12-17-13-15-18(16-14-17)21(19)20;1-2-3-4-5-6-7-8-13(9-11-14)10-12-15;;/h13-16H,2-12H2,1H3;2-12H2,1H3;;/q;-2;+2;. The van der Waals surface area contributed by atoms with Gasteiger partial charge >= 0.3 is 204 Å². The van der Waals surface area contributed by atoms with Gasteiger partial charge in [-0.25, -0.2) is 0 Å². The Morgan fingerprint density at radius 2 is 1.14 bits per heavy atom. The van der Waals surface area contributed by atoms with Crippen molar-refractivity contribution in [2.24, 2.45) is 0 Å². The molecule has 1 aromatic carbocycles. The van der Waals surface area contributed by atoms with Crippen LogP contribution in [0.1, 0.15) is 122 Å². The van der Waals surface area contributed by atoms with Crippen LogP contribution in [0, 0.1) is 0 Å². The van der Waals surface area contributed by atoms with Gasteiger partial charge in [0.05, 0.1) is 0 Å². The first-order valence-electron chi connectivity index (χ1n) is 15.4.